The molecule has 0 unspecified atom stereocenters. The van der Waals surface area contributed by atoms with Crippen molar-refractivity contribution >= 4 is 33.1 Å². The number of nitrogens with zero attached hydrogens (tertiary/aromatic N) is 1. The van der Waals surface area contributed by atoms with Crippen molar-refractivity contribution in [3.8, 4) is 0 Å². The fourth-order valence-corrected chi connectivity index (χ4v) is 3.60. The lowest BCUT2D eigenvalue weighted by Crippen LogP contribution is -2.12. The third-order valence-corrected chi connectivity index (χ3v) is 4.88. The van der Waals surface area contributed by atoms with Crippen molar-refractivity contribution in [1.29, 1.82) is 0 Å². The molecule has 1 N–H and O–H groups in total. The van der Waals surface area contributed by atoms with Crippen LogP contribution in [0.1, 0.15) is 29.0 Å². The van der Waals surface area contributed by atoms with Crippen molar-refractivity contribution in [3.63, 3.8) is 0 Å². The Morgan fingerprint density at radius 2 is 2.00 bits per heavy atom. The van der Waals surface area contributed by atoms with Crippen LogP contribution in [-0.2, 0) is 11.2 Å². The molecule has 3 rings (SSSR count). The molecule has 0 aliphatic rings. The van der Waals surface area contributed by atoms with Gasteiger partial charge in [0.25, 0.3) is 0 Å². The van der Waals surface area contributed by atoms with Crippen LogP contribution in [0.15, 0.2) is 42.5 Å². The zero-order chi connectivity index (χ0) is 16.2. The summed E-state index contributed by atoms with van der Waals surface area (Å²) in [5.74, 6) is 0.0677. The molecule has 0 saturated carbocycles. The number of carbonyl (C=O) groups excluding carboxylic acids is 1. The van der Waals surface area contributed by atoms with Gasteiger partial charge in [-0.3, -0.25) is 4.79 Å². The zero-order valence-corrected chi connectivity index (χ0v) is 14.2. The van der Waals surface area contributed by atoms with Crippen LogP contribution >= 0.6 is 11.3 Å². The van der Waals surface area contributed by atoms with Crippen LogP contribution in [-0.4, -0.2) is 10.9 Å². The smallest absolute Gasteiger partial charge is 0.224 e. The zero-order valence-electron chi connectivity index (χ0n) is 13.4. The van der Waals surface area contributed by atoms with Gasteiger partial charge in [0, 0.05) is 12.1 Å². The number of benzene rings is 2. The molecule has 0 aliphatic carbocycles. The Bertz CT molecular complexity index is 805. The van der Waals surface area contributed by atoms with E-state index in [-0.39, 0.29) is 5.91 Å². The van der Waals surface area contributed by atoms with Gasteiger partial charge in [-0.15, -0.1) is 11.3 Å². The van der Waals surface area contributed by atoms with Crippen LogP contribution in [0, 0.1) is 13.8 Å². The molecule has 1 aromatic heterocycles. The molecule has 2 aromatic carbocycles. The molecule has 0 radical (unpaired) electrons. The number of thiazole rings is 1. The van der Waals surface area contributed by atoms with Crippen molar-refractivity contribution < 1.29 is 4.79 Å². The molecule has 23 heavy (non-hydrogen) atoms. The van der Waals surface area contributed by atoms with Gasteiger partial charge in [-0.05, 0) is 50.5 Å². The summed E-state index contributed by atoms with van der Waals surface area (Å²) < 4.78 is 1.21. The number of amides is 1. The molecular formula is C19H20N2OS. The van der Waals surface area contributed by atoms with E-state index in [0.29, 0.717) is 6.42 Å². The minimum atomic E-state index is 0.0677. The number of hydrogen-bond acceptors (Lipinski definition) is 3. The van der Waals surface area contributed by atoms with Gasteiger partial charge in [-0.25, -0.2) is 4.98 Å². The van der Waals surface area contributed by atoms with Crippen LogP contribution in [0.5, 0.6) is 0 Å². The summed E-state index contributed by atoms with van der Waals surface area (Å²) in [7, 11) is 0. The van der Waals surface area contributed by atoms with Gasteiger partial charge in [-0.2, -0.15) is 0 Å². The number of nitrogens with one attached hydrogen (secondary N) is 1. The molecule has 4 heteroatoms. The maximum absolute atomic E-state index is 12.1. The fraction of sp³-hybridized carbons (Fsp3) is 0.263. The Hall–Kier alpha value is -2.20. The average Bonchev–Trinajstić information content (AvgIpc) is 2.93. The van der Waals surface area contributed by atoms with Crippen LogP contribution in [0.2, 0.25) is 0 Å². The molecule has 0 spiro atoms. The number of fused-ring (bicyclic) bond motifs is 1. The van der Waals surface area contributed by atoms with Crippen molar-refractivity contribution in [2.24, 2.45) is 0 Å². The summed E-state index contributed by atoms with van der Waals surface area (Å²) in [4.78, 5) is 16.7. The van der Waals surface area contributed by atoms with Gasteiger partial charge in [0.2, 0.25) is 5.91 Å². The average molecular weight is 324 g/mol. The minimum Gasteiger partial charge on any atom is -0.326 e. The number of hydrogen-bond donors (Lipinski definition) is 1. The van der Waals surface area contributed by atoms with Crippen LogP contribution in [0.25, 0.3) is 10.2 Å². The van der Waals surface area contributed by atoms with Crippen molar-refractivity contribution in [3.05, 3.63) is 58.6 Å². The first kappa shape index (κ1) is 15.7. The first-order valence-corrected chi connectivity index (χ1v) is 8.65. The number of anilines is 1. The third-order valence-electron chi connectivity index (χ3n) is 3.79. The quantitative estimate of drug-likeness (QED) is 0.727. The van der Waals surface area contributed by atoms with Gasteiger partial charge in [0.15, 0.2) is 0 Å². The topological polar surface area (TPSA) is 42.0 Å². The molecule has 118 valence electrons. The van der Waals surface area contributed by atoms with E-state index in [1.165, 1.54) is 10.3 Å². The number of para-hydroxylation sites is 1. The van der Waals surface area contributed by atoms with Crippen molar-refractivity contribution in [2.45, 2.75) is 33.1 Å². The highest BCUT2D eigenvalue weighted by atomic mass is 32.1. The molecule has 3 nitrogen and oxygen atoms in total. The first-order valence-electron chi connectivity index (χ1n) is 7.83. The second-order valence-corrected chi connectivity index (χ2v) is 6.91. The van der Waals surface area contributed by atoms with E-state index in [0.717, 1.165) is 34.6 Å². The van der Waals surface area contributed by atoms with E-state index < -0.39 is 0 Å². The monoisotopic (exact) mass is 324 g/mol. The summed E-state index contributed by atoms with van der Waals surface area (Å²) in [6.07, 6.45) is 2.18. The normalized spacial score (nSPS) is 10.9. The Labute approximate surface area is 140 Å². The van der Waals surface area contributed by atoms with Crippen molar-refractivity contribution in [1.82, 2.24) is 4.98 Å². The van der Waals surface area contributed by atoms with E-state index in [1.54, 1.807) is 11.3 Å². The lowest BCUT2D eigenvalue weighted by atomic mass is 10.1. The maximum atomic E-state index is 12.1. The van der Waals surface area contributed by atoms with E-state index in [1.807, 2.05) is 37.3 Å². The number of aromatic nitrogens is 1. The highest BCUT2D eigenvalue weighted by Gasteiger charge is 2.07. The van der Waals surface area contributed by atoms with E-state index in [9.17, 15) is 4.79 Å². The molecule has 0 bridgehead atoms. The van der Waals surface area contributed by atoms with Gasteiger partial charge < -0.3 is 5.32 Å². The molecule has 3 aromatic rings. The third kappa shape index (κ3) is 3.96. The lowest BCUT2D eigenvalue weighted by Gasteiger charge is -2.08. The summed E-state index contributed by atoms with van der Waals surface area (Å²) in [6.45, 7) is 4.07. The maximum Gasteiger partial charge on any atom is 0.224 e. The molecule has 0 fully saturated rings. The molecule has 0 saturated heterocycles. The van der Waals surface area contributed by atoms with Gasteiger partial charge in [-0.1, -0.05) is 29.8 Å². The predicted molar refractivity (Wildman–Crippen MR) is 97.1 cm³/mol. The molecular weight excluding hydrogens is 304 g/mol. The van der Waals surface area contributed by atoms with Gasteiger partial charge >= 0.3 is 0 Å². The molecule has 1 amide bonds. The summed E-state index contributed by atoms with van der Waals surface area (Å²) >= 11 is 1.71. The molecule has 1 heterocycles. The first-order chi connectivity index (χ1) is 11.1. The molecule has 0 atom stereocenters. The number of aryl methyl sites for hydroxylation is 3. The summed E-state index contributed by atoms with van der Waals surface area (Å²) in [5, 5.41) is 4.10. The second kappa shape index (κ2) is 6.92. The Morgan fingerprint density at radius 3 is 2.78 bits per heavy atom. The second-order valence-electron chi connectivity index (χ2n) is 5.80. The SMILES string of the molecule is Cc1ccc(NC(=O)CCCc2nc3ccccc3s2)c(C)c1. The summed E-state index contributed by atoms with van der Waals surface area (Å²) in [5.41, 5.74) is 4.26. The van der Waals surface area contributed by atoms with Gasteiger partial charge in [0.05, 0.1) is 15.2 Å². The predicted octanol–water partition coefficient (Wildman–Crippen LogP) is 4.87. The Kier molecular flexibility index (Phi) is 4.72. The Morgan fingerprint density at radius 1 is 1.17 bits per heavy atom. The largest absolute Gasteiger partial charge is 0.326 e. The standard InChI is InChI=1S/C19H20N2OS/c1-13-10-11-15(14(2)12-13)20-18(22)8-5-9-19-21-16-6-3-4-7-17(16)23-19/h3-4,6-7,10-12H,5,8-9H2,1-2H3,(H,20,22). The fourth-order valence-electron chi connectivity index (χ4n) is 2.59. The van der Waals surface area contributed by atoms with Gasteiger partial charge in [0.1, 0.15) is 0 Å². The van der Waals surface area contributed by atoms with E-state index in [2.05, 4.69) is 29.4 Å². The number of rotatable bonds is 5. The summed E-state index contributed by atoms with van der Waals surface area (Å²) in [6, 6.07) is 14.2. The number of carbonyl (C=O) groups is 1. The van der Waals surface area contributed by atoms with E-state index >= 15 is 0 Å². The van der Waals surface area contributed by atoms with Crippen LogP contribution in [0.4, 0.5) is 5.69 Å². The van der Waals surface area contributed by atoms with Crippen LogP contribution in [0.3, 0.4) is 0 Å². The van der Waals surface area contributed by atoms with Crippen LogP contribution < -0.4 is 5.32 Å². The van der Waals surface area contributed by atoms with Crippen molar-refractivity contribution in [2.75, 3.05) is 5.32 Å². The Balaban J connectivity index is 1.52. The molecule has 0 aliphatic heterocycles. The minimum absolute atomic E-state index is 0.0677. The lowest BCUT2D eigenvalue weighted by molar-refractivity contribution is -0.116. The highest BCUT2D eigenvalue weighted by Crippen LogP contribution is 2.23. The highest BCUT2D eigenvalue weighted by molar-refractivity contribution is 7.18. The van der Waals surface area contributed by atoms with E-state index in [4.69, 9.17) is 0 Å².